The van der Waals surface area contributed by atoms with Gasteiger partial charge in [-0.05, 0) is 53.6 Å². The van der Waals surface area contributed by atoms with Gasteiger partial charge in [0, 0.05) is 0 Å². The number of benzene rings is 2. The molecular weight excluding hydrogens is 366 g/mol. The number of allylic oxidation sites excluding steroid dienone is 2. The van der Waals surface area contributed by atoms with E-state index in [1.54, 1.807) is 0 Å². The van der Waals surface area contributed by atoms with Crippen LogP contribution in [-0.2, 0) is 14.3 Å². The van der Waals surface area contributed by atoms with Crippen LogP contribution in [0.25, 0.3) is 0 Å². The average Bonchev–Trinajstić information content (AvgIpc) is 3.29. The molecule has 1 saturated carbocycles. The minimum Gasteiger partial charge on any atom is -0.481 e. The van der Waals surface area contributed by atoms with Crippen LogP contribution in [0.4, 0.5) is 8.78 Å². The zero-order chi connectivity index (χ0) is 19.8. The van der Waals surface area contributed by atoms with Crippen LogP contribution in [0.5, 0.6) is 0 Å². The molecule has 0 unspecified atom stereocenters. The van der Waals surface area contributed by atoms with Crippen molar-refractivity contribution in [2.24, 2.45) is 23.7 Å². The van der Waals surface area contributed by atoms with E-state index in [1.807, 2.05) is 12.2 Å². The van der Waals surface area contributed by atoms with Gasteiger partial charge in [0.1, 0.15) is 11.6 Å². The number of carbonyl (C=O) groups is 2. The molecule has 2 aliphatic carbocycles. The van der Waals surface area contributed by atoms with Gasteiger partial charge in [-0.25, -0.2) is 8.78 Å². The lowest BCUT2D eigenvalue weighted by Crippen LogP contribution is -2.35. The molecule has 2 aromatic carbocycles. The molecule has 4 atom stereocenters. The highest BCUT2D eigenvalue weighted by Crippen LogP contribution is 2.49. The van der Waals surface area contributed by atoms with Gasteiger partial charge < -0.3 is 9.84 Å². The minimum atomic E-state index is -1.01. The Morgan fingerprint density at radius 3 is 1.79 bits per heavy atom. The number of esters is 1. The highest BCUT2D eigenvalue weighted by Gasteiger charge is 2.52. The lowest BCUT2D eigenvalue weighted by molar-refractivity contribution is -0.161. The molecule has 0 radical (unpaired) electrons. The smallest absolute Gasteiger partial charge is 0.311 e. The van der Waals surface area contributed by atoms with Crippen molar-refractivity contribution < 1.29 is 28.2 Å². The number of carbonyl (C=O) groups excluding carboxylic acids is 1. The quantitative estimate of drug-likeness (QED) is 0.622. The summed E-state index contributed by atoms with van der Waals surface area (Å²) in [5, 5.41) is 9.56. The Labute approximate surface area is 160 Å². The van der Waals surface area contributed by atoms with Gasteiger partial charge in [-0.3, -0.25) is 9.59 Å². The Bertz CT molecular complexity index is 875. The fraction of sp³-hybridized carbons (Fsp3) is 0.273. The van der Waals surface area contributed by atoms with Gasteiger partial charge in [0.15, 0.2) is 6.10 Å². The van der Waals surface area contributed by atoms with Crippen molar-refractivity contribution in [3.63, 3.8) is 0 Å². The molecule has 144 valence electrons. The maximum atomic E-state index is 13.3. The largest absolute Gasteiger partial charge is 0.481 e. The first kappa shape index (κ1) is 18.3. The van der Waals surface area contributed by atoms with Gasteiger partial charge in [0.25, 0.3) is 0 Å². The Kier molecular flexibility index (Phi) is 4.71. The number of carboxylic acid groups (broad SMARTS) is 1. The molecule has 2 aliphatic rings. The van der Waals surface area contributed by atoms with Gasteiger partial charge in [-0.1, -0.05) is 36.4 Å². The molecule has 0 aromatic heterocycles. The minimum absolute atomic E-state index is 0.166. The van der Waals surface area contributed by atoms with Gasteiger partial charge in [0.05, 0.1) is 11.8 Å². The van der Waals surface area contributed by atoms with Crippen molar-refractivity contribution >= 4 is 11.9 Å². The highest BCUT2D eigenvalue weighted by molar-refractivity contribution is 5.83. The van der Waals surface area contributed by atoms with Crippen molar-refractivity contribution in [1.82, 2.24) is 0 Å². The van der Waals surface area contributed by atoms with Crippen molar-refractivity contribution in [2.75, 3.05) is 0 Å². The third-order valence-corrected chi connectivity index (χ3v) is 5.60. The van der Waals surface area contributed by atoms with E-state index in [0.717, 1.165) is 0 Å². The van der Waals surface area contributed by atoms with Crippen LogP contribution in [0.3, 0.4) is 0 Å². The van der Waals surface area contributed by atoms with Crippen molar-refractivity contribution in [3.05, 3.63) is 83.4 Å². The Hall–Kier alpha value is -3.02. The highest BCUT2D eigenvalue weighted by atomic mass is 19.1. The zero-order valence-electron chi connectivity index (χ0n) is 14.8. The van der Waals surface area contributed by atoms with Gasteiger partial charge >= 0.3 is 11.9 Å². The van der Waals surface area contributed by atoms with Crippen molar-refractivity contribution in [3.8, 4) is 0 Å². The van der Waals surface area contributed by atoms with Crippen LogP contribution in [-0.4, -0.2) is 17.0 Å². The molecule has 6 heteroatoms. The first-order valence-electron chi connectivity index (χ1n) is 9.06. The molecule has 0 heterocycles. The normalized spacial score (nSPS) is 25.2. The molecule has 0 amide bonds. The summed E-state index contributed by atoms with van der Waals surface area (Å²) in [5.41, 5.74) is 1.04. The van der Waals surface area contributed by atoms with Crippen molar-refractivity contribution in [1.29, 1.82) is 0 Å². The third kappa shape index (κ3) is 3.30. The summed E-state index contributed by atoms with van der Waals surface area (Å²) in [7, 11) is 0. The summed E-state index contributed by atoms with van der Waals surface area (Å²) in [4.78, 5) is 24.7. The van der Waals surface area contributed by atoms with Crippen LogP contribution in [0.2, 0.25) is 0 Å². The van der Waals surface area contributed by atoms with E-state index in [4.69, 9.17) is 4.74 Å². The van der Waals surface area contributed by atoms with Gasteiger partial charge in [-0.15, -0.1) is 0 Å². The number of aliphatic carboxylic acids is 1. The number of halogens is 2. The molecule has 0 saturated heterocycles. The molecule has 0 spiro atoms. The standard InChI is InChI=1S/C22H18F2O4/c23-16-7-3-12(4-8-16)20(13-5-9-17(24)10-6-13)28-22(27)19-15-2-1-14(11-15)18(19)21(25)26/h1-10,14-15,18-20H,11H2,(H,25,26)/t14-,15-,18-,19-/m0/s1. The number of carboxylic acids is 1. The second kappa shape index (κ2) is 7.19. The van der Waals surface area contributed by atoms with E-state index in [9.17, 15) is 23.5 Å². The van der Waals surface area contributed by atoms with Gasteiger partial charge in [-0.2, -0.15) is 0 Å². The van der Waals surface area contributed by atoms with Crippen LogP contribution in [0.1, 0.15) is 23.7 Å². The fourth-order valence-electron chi connectivity index (χ4n) is 4.28. The molecule has 4 rings (SSSR count). The third-order valence-electron chi connectivity index (χ3n) is 5.60. The molecule has 4 nitrogen and oxygen atoms in total. The first-order valence-corrected chi connectivity index (χ1v) is 9.06. The van der Waals surface area contributed by atoms with E-state index in [-0.39, 0.29) is 11.8 Å². The molecule has 2 bridgehead atoms. The Balaban J connectivity index is 1.64. The predicted molar refractivity (Wildman–Crippen MR) is 96.1 cm³/mol. The zero-order valence-corrected chi connectivity index (χ0v) is 14.8. The average molecular weight is 384 g/mol. The molecular formula is C22H18F2O4. The second-order valence-electron chi connectivity index (χ2n) is 7.26. The number of ether oxygens (including phenoxy) is 1. The Morgan fingerprint density at radius 2 is 1.32 bits per heavy atom. The first-order chi connectivity index (χ1) is 13.4. The maximum absolute atomic E-state index is 13.3. The molecule has 1 fully saturated rings. The van der Waals surface area contributed by atoms with Crippen molar-refractivity contribution in [2.45, 2.75) is 12.5 Å². The number of hydrogen-bond donors (Lipinski definition) is 1. The summed E-state index contributed by atoms with van der Waals surface area (Å²) in [6, 6.07) is 11.0. The summed E-state index contributed by atoms with van der Waals surface area (Å²) in [6.45, 7) is 0. The molecule has 2 aromatic rings. The predicted octanol–water partition coefficient (Wildman–Crippen LogP) is 4.12. The van der Waals surface area contributed by atoms with E-state index in [0.29, 0.717) is 17.5 Å². The van der Waals surface area contributed by atoms with E-state index >= 15 is 0 Å². The fourth-order valence-corrected chi connectivity index (χ4v) is 4.28. The number of fused-ring (bicyclic) bond motifs is 2. The van der Waals surface area contributed by atoms with Gasteiger partial charge in [0.2, 0.25) is 0 Å². The maximum Gasteiger partial charge on any atom is 0.311 e. The van der Waals surface area contributed by atoms with Crippen LogP contribution >= 0.6 is 0 Å². The van der Waals surface area contributed by atoms with Crippen LogP contribution in [0.15, 0.2) is 60.7 Å². The van der Waals surface area contributed by atoms with E-state index < -0.39 is 41.5 Å². The second-order valence-corrected chi connectivity index (χ2v) is 7.26. The SMILES string of the molecule is O=C(O)[C@@H]1[C@@H](C(=O)OC(c2ccc(F)cc2)c2ccc(F)cc2)[C@H]2C=C[C@H]1C2. The molecule has 0 aliphatic heterocycles. The van der Waals surface area contributed by atoms with E-state index in [2.05, 4.69) is 0 Å². The molecule has 1 N–H and O–H groups in total. The lowest BCUT2D eigenvalue weighted by Gasteiger charge is -2.26. The monoisotopic (exact) mass is 384 g/mol. The summed E-state index contributed by atoms with van der Waals surface area (Å²) in [5.74, 6) is -4.41. The topological polar surface area (TPSA) is 63.6 Å². The van der Waals surface area contributed by atoms with Crippen LogP contribution in [0, 0.1) is 35.3 Å². The summed E-state index contributed by atoms with van der Waals surface area (Å²) >= 11 is 0. The lowest BCUT2D eigenvalue weighted by atomic mass is 9.83. The number of rotatable bonds is 5. The van der Waals surface area contributed by atoms with E-state index in [1.165, 1.54) is 48.5 Å². The Morgan fingerprint density at radius 1 is 0.857 bits per heavy atom. The molecule has 28 heavy (non-hydrogen) atoms. The summed E-state index contributed by atoms with van der Waals surface area (Å²) < 4.78 is 32.4. The summed E-state index contributed by atoms with van der Waals surface area (Å²) in [6.07, 6.45) is 3.46. The van der Waals surface area contributed by atoms with Crippen LogP contribution < -0.4 is 0 Å². The number of hydrogen-bond acceptors (Lipinski definition) is 3.